The van der Waals surface area contributed by atoms with E-state index in [1.54, 1.807) is 23.9 Å². The number of thioether (sulfide) groups is 1. The Morgan fingerprint density at radius 2 is 1.64 bits per heavy atom. The molecule has 0 fully saturated rings. The molecule has 0 spiro atoms. The van der Waals surface area contributed by atoms with Gasteiger partial charge < -0.3 is 0 Å². The van der Waals surface area contributed by atoms with Gasteiger partial charge in [0.2, 0.25) is 0 Å². The van der Waals surface area contributed by atoms with E-state index in [1.807, 2.05) is 47.0 Å². The molecule has 0 saturated heterocycles. The first-order chi connectivity index (χ1) is 13.6. The number of rotatable bonds is 5. The molecule has 0 aliphatic carbocycles. The summed E-state index contributed by atoms with van der Waals surface area (Å²) in [4.78, 5) is 0. The summed E-state index contributed by atoms with van der Waals surface area (Å²) in [6, 6.07) is 22.2. The third-order valence-corrected chi connectivity index (χ3v) is 5.63. The summed E-state index contributed by atoms with van der Waals surface area (Å²) < 4.78 is 15.4. The van der Waals surface area contributed by atoms with E-state index in [2.05, 4.69) is 23.2 Å². The standard InChI is InChI=1S/C22H17ClFN3S/c1-15-4-2-3-5-20(15)27-21(17-8-12-19(24)13-9-17)25-26-22(27)28-14-16-6-10-18(23)11-7-16/h2-13H,14H2,1H3. The first-order valence-corrected chi connectivity index (χ1v) is 10.1. The molecule has 0 aliphatic heterocycles. The molecule has 0 radical (unpaired) electrons. The molecule has 1 heterocycles. The van der Waals surface area contributed by atoms with Crippen LogP contribution in [0.15, 0.2) is 78.0 Å². The van der Waals surface area contributed by atoms with E-state index < -0.39 is 0 Å². The fourth-order valence-corrected chi connectivity index (χ4v) is 3.94. The van der Waals surface area contributed by atoms with E-state index in [1.165, 1.54) is 12.1 Å². The van der Waals surface area contributed by atoms with E-state index in [4.69, 9.17) is 11.6 Å². The summed E-state index contributed by atoms with van der Waals surface area (Å²) >= 11 is 7.57. The predicted octanol–water partition coefficient (Wildman–Crippen LogP) is 6.33. The lowest BCUT2D eigenvalue weighted by molar-refractivity contribution is 0.628. The van der Waals surface area contributed by atoms with E-state index >= 15 is 0 Å². The summed E-state index contributed by atoms with van der Waals surface area (Å²) in [7, 11) is 0. The Bertz CT molecular complexity index is 1090. The van der Waals surface area contributed by atoms with Gasteiger partial charge in [0.15, 0.2) is 11.0 Å². The molecule has 6 heteroatoms. The highest BCUT2D eigenvalue weighted by atomic mass is 35.5. The molecule has 0 unspecified atom stereocenters. The number of aromatic nitrogens is 3. The zero-order valence-corrected chi connectivity index (χ0v) is 16.7. The lowest BCUT2D eigenvalue weighted by Crippen LogP contribution is -2.02. The average molecular weight is 410 g/mol. The molecule has 140 valence electrons. The van der Waals surface area contributed by atoms with Crippen LogP contribution >= 0.6 is 23.4 Å². The van der Waals surface area contributed by atoms with Gasteiger partial charge in [0, 0.05) is 16.3 Å². The van der Waals surface area contributed by atoms with Crippen LogP contribution < -0.4 is 0 Å². The predicted molar refractivity (Wildman–Crippen MR) is 113 cm³/mol. The quantitative estimate of drug-likeness (QED) is 0.361. The van der Waals surface area contributed by atoms with Gasteiger partial charge in [-0.15, -0.1) is 10.2 Å². The van der Waals surface area contributed by atoms with Crippen molar-refractivity contribution in [3.05, 3.63) is 94.8 Å². The second-order valence-corrected chi connectivity index (χ2v) is 7.73. The fourth-order valence-electron chi connectivity index (χ4n) is 2.91. The smallest absolute Gasteiger partial charge is 0.196 e. The molecule has 0 N–H and O–H groups in total. The molecule has 3 aromatic carbocycles. The Balaban J connectivity index is 1.75. The van der Waals surface area contributed by atoms with Gasteiger partial charge in [-0.2, -0.15) is 0 Å². The van der Waals surface area contributed by atoms with Gasteiger partial charge in [-0.05, 0) is 60.5 Å². The molecule has 0 saturated carbocycles. The third-order valence-electron chi connectivity index (χ3n) is 4.37. The van der Waals surface area contributed by atoms with Crippen molar-refractivity contribution in [1.29, 1.82) is 0 Å². The minimum absolute atomic E-state index is 0.275. The third kappa shape index (κ3) is 3.96. The molecule has 1 aromatic heterocycles. The molecular weight excluding hydrogens is 393 g/mol. The molecule has 0 atom stereocenters. The Kier molecular flexibility index (Phi) is 5.46. The van der Waals surface area contributed by atoms with Gasteiger partial charge in [-0.25, -0.2) is 4.39 Å². The molecule has 0 bridgehead atoms. The summed E-state index contributed by atoms with van der Waals surface area (Å²) in [5.74, 6) is 1.15. The van der Waals surface area contributed by atoms with Crippen molar-refractivity contribution in [2.75, 3.05) is 0 Å². The zero-order chi connectivity index (χ0) is 19.5. The number of hydrogen-bond acceptors (Lipinski definition) is 3. The summed E-state index contributed by atoms with van der Waals surface area (Å²) in [5.41, 5.74) is 4.08. The van der Waals surface area contributed by atoms with E-state index in [0.29, 0.717) is 5.82 Å². The van der Waals surface area contributed by atoms with Crippen LogP contribution in [0.2, 0.25) is 5.02 Å². The Morgan fingerprint density at radius 3 is 2.36 bits per heavy atom. The van der Waals surface area contributed by atoms with Crippen molar-refractivity contribution in [3.8, 4) is 17.1 Å². The highest BCUT2D eigenvalue weighted by Crippen LogP contribution is 2.31. The van der Waals surface area contributed by atoms with Crippen molar-refractivity contribution >= 4 is 23.4 Å². The Hall–Kier alpha value is -2.63. The highest BCUT2D eigenvalue weighted by molar-refractivity contribution is 7.98. The monoisotopic (exact) mass is 409 g/mol. The van der Waals surface area contributed by atoms with Gasteiger partial charge in [0.1, 0.15) is 5.82 Å². The van der Waals surface area contributed by atoms with Crippen molar-refractivity contribution in [3.63, 3.8) is 0 Å². The van der Waals surface area contributed by atoms with Crippen LogP contribution in [-0.4, -0.2) is 14.8 Å². The maximum absolute atomic E-state index is 13.4. The number of aryl methyl sites for hydroxylation is 1. The van der Waals surface area contributed by atoms with Crippen LogP contribution in [0.3, 0.4) is 0 Å². The van der Waals surface area contributed by atoms with Crippen molar-refractivity contribution in [1.82, 2.24) is 14.8 Å². The molecule has 0 aliphatic rings. The average Bonchev–Trinajstić information content (AvgIpc) is 3.12. The van der Waals surface area contributed by atoms with Crippen LogP contribution in [0, 0.1) is 12.7 Å². The van der Waals surface area contributed by atoms with Gasteiger partial charge in [0.05, 0.1) is 5.69 Å². The topological polar surface area (TPSA) is 30.7 Å². The molecule has 4 rings (SSSR count). The van der Waals surface area contributed by atoms with Gasteiger partial charge in [-0.3, -0.25) is 4.57 Å². The van der Waals surface area contributed by atoms with Gasteiger partial charge in [0.25, 0.3) is 0 Å². The van der Waals surface area contributed by atoms with E-state index in [0.717, 1.165) is 38.3 Å². The number of halogens is 2. The van der Waals surface area contributed by atoms with Crippen LogP contribution in [0.25, 0.3) is 17.1 Å². The molecule has 28 heavy (non-hydrogen) atoms. The lowest BCUT2D eigenvalue weighted by atomic mass is 10.1. The maximum Gasteiger partial charge on any atom is 0.196 e. The number of para-hydroxylation sites is 1. The van der Waals surface area contributed by atoms with Crippen molar-refractivity contribution < 1.29 is 4.39 Å². The summed E-state index contributed by atoms with van der Waals surface area (Å²) in [5, 5.41) is 10.3. The Morgan fingerprint density at radius 1 is 0.929 bits per heavy atom. The fraction of sp³-hybridized carbons (Fsp3) is 0.0909. The number of benzene rings is 3. The second-order valence-electron chi connectivity index (χ2n) is 6.35. The van der Waals surface area contributed by atoms with Crippen molar-refractivity contribution in [2.45, 2.75) is 17.8 Å². The SMILES string of the molecule is Cc1ccccc1-n1c(SCc2ccc(Cl)cc2)nnc1-c1ccc(F)cc1. The summed E-state index contributed by atoms with van der Waals surface area (Å²) in [6.45, 7) is 2.05. The normalized spacial score (nSPS) is 11.0. The van der Waals surface area contributed by atoms with E-state index in [9.17, 15) is 4.39 Å². The number of hydrogen-bond donors (Lipinski definition) is 0. The second kappa shape index (κ2) is 8.17. The summed E-state index contributed by atoms with van der Waals surface area (Å²) in [6.07, 6.45) is 0. The van der Waals surface area contributed by atoms with Gasteiger partial charge in [-0.1, -0.05) is 53.7 Å². The van der Waals surface area contributed by atoms with Crippen LogP contribution in [0.5, 0.6) is 0 Å². The highest BCUT2D eigenvalue weighted by Gasteiger charge is 2.17. The zero-order valence-electron chi connectivity index (χ0n) is 15.1. The molecule has 3 nitrogen and oxygen atoms in total. The molecular formula is C22H17ClFN3S. The Labute approximate surface area is 172 Å². The first kappa shape index (κ1) is 18.7. The van der Waals surface area contributed by atoms with Crippen molar-refractivity contribution in [2.24, 2.45) is 0 Å². The largest absolute Gasteiger partial charge is 0.270 e. The van der Waals surface area contributed by atoms with Gasteiger partial charge >= 0.3 is 0 Å². The number of nitrogens with zero attached hydrogens (tertiary/aromatic N) is 3. The first-order valence-electron chi connectivity index (χ1n) is 8.76. The molecule has 4 aromatic rings. The minimum atomic E-state index is -0.275. The maximum atomic E-state index is 13.4. The van der Waals surface area contributed by atoms with Crippen LogP contribution in [0.1, 0.15) is 11.1 Å². The van der Waals surface area contributed by atoms with Crippen LogP contribution in [0.4, 0.5) is 4.39 Å². The minimum Gasteiger partial charge on any atom is -0.270 e. The molecule has 0 amide bonds. The van der Waals surface area contributed by atoms with Crippen LogP contribution in [-0.2, 0) is 5.75 Å². The van der Waals surface area contributed by atoms with E-state index in [-0.39, 0.29) is 5.82 Å². The lowest BCUT2D eigenvalue weighted by Gasteiger charge is -2.13.